The van der Waals surface area contributed by atoms with Gasteiger partial charge in [-0.15, -0.1) is 0 Å². The van der Waals surface area contributed by atoms with Gasteiger partial charge in [0.05, 0.1) is 0 Å². The molecule has 0 radical (unpaired) electrons. The number of hydrogen-bond acceptors (Lipinski definition) is 1. The van der Waals surface area contributed by atoms with E-state index in [2.05, 4.69) is 55.6 Å². The third-order valence-corrected chi connectivity index (χ3v) is 2.45. The van der Waals surface area contributed by atoms with E-state index in [1.54, 1.807) is 0 Å². The summed E-state index contributed by atoms with van der Waals surface area (Å²) in [4.78, 5) is 0. The molecule has 1 aromatic carbocycles. The van der Waals surface area contributed by atoms with Crippen molar-refractivity contribution in [2.45, 2.75) is 19.9 Å². The molecule has 0 fully saturated rings. The number of anilines is 1. The van der Waals surface area contributed by atoms with Crippen LogP contribution in [0.4, 0.5) is 5.69 Å². The molecule has 1 heteroatoms. The highest BCUT2D eigenvalue weighted by Crippen LogP contribution is 2.29. The first kappa shape index (κ1) is 10.7. The first-order valence-electron chi connectivity index (χ1n) is 5.68. The smallest absolute Gasteiger partial charge is 0.0342 e. The van der Waals surface area contributed by atoms with Crippen LogP contribution >= 0.6 is 0 Å². The van der Waals surface area contributed by atoms with Gasteiger partial charge >= 0.3 is 0 Å². The van der Waals surface area contributed by atoms with Gasteiger partial charge in [-0.25, -0.2) is 0 Å². The van der Waals surface area contributed by atoms with Crippen molar-refractivity contribution in [1.82, 2.24) is 0 Å². The summed E-state index contributed by atoms with van der Waals surface area (Å²) in [6.07, 6.45) is 0. The maximum atomic E-state index is 3.30. The molecule has 1 aromatic rings. The van der Waals surface area contributed by atoms with Crippen molar-refractivity contribution in [2.75, 3.05) is 5.32 Å². The molecule has 0 heterocycles. The molecule has 0 spiro atoms. The van der Waals surface area contributed by atoms with Crippen LogP contribution in [0, 0.1) is 0 Å². The van der Waals surface area contributed by atoms with E-state index in [4.69, 9.17) is 0 Å². The van der Waals surface area contributed by atoms with E-state index < -0.39 is 0 Å². The molecule has 2 aliphatic rings. The van der Waals surface area contributed by atoms with E-state index >= 15 is 0 Å². The van der Waals surface area contributed by atoms with Crippen LogP contribution in [0.3, 0.4) is 0 Å². The van der Waals surface area contributed by atoms with Crippen LogP contribution in [-0.2, 0) is 0 Å². The maximum Gasteiger partial charge on any atom is 0.0342 e. The van der Waals surface area contributed by atoms with Gasteiger partial charge in [-0.2, -0.15) is 0 Å². The molecule has 0 atom stereocenters. The van der Waals surface area contributed by atoms with Crippen molar-refractivity contribution in [2.24, 2.45) is 0 Å². The van der Waals surface area contributed by atoms with Crippen LogP contribution in [0.5, 0.6) is 0 Å². The summed E-state index contributed by atoms with van der Waals surface area (Å²) in [5, 5.41) is 3.30. The quantitative estimate of drug-likeness (QED) is 0.670. The van der Waals surface area contributed by atoms with E-state index in [9.17, 15) is 0 Å². The predicted molar refractivity (Wildman–Crippen MR) is 70.6 cm³/mol. The van der Waals surface area contributed by atoms with E-state index in [0.29, 0.717) is 6.04 Å². The van der Waals surface area contributed by atoms with Gasteiger partial charge < -0.3 is 5.32 Å². The van der Waals surface area contributed by atoms with E-state index in [1.165, 1.54) is 16.8 Å². The molecule has 2 aliphatic carbocycles. The highest BCUT2D eigenvalue weighted by molar-refractivity contribution is 5.75. The summed E-state index contributed by atoms with van der Waals surface area (Å²) >= 11 is 0. The minimum atomic E-state index is 0.516. The van der Waals surface area contributed by atoms with Gasteiger partial charge in [0.1, 0.15) is 0 Å². The molecule has 0 bridgehead atoms. The molecule has 0 saturated carbocycles. The second kappa shape index (κ2) is 4.84. The molecular weight excluding hydrogens is 194 g/mol. The Morgan fingerprint density at radius 3 is 1.56 bits per heavy atom. The predicted octanol–water partition coefficient (Wildman–Crippen LogP) is 4.17. The molecule has 1 nitrogen and oxygen atoms in total. The third kappa shape index (κ3) is 2.63. The minimum Gasteiger partial charge on any atom is -0.383 e. The Labute approximate surface area is 97.1 Å². The molecule has 0 amide bonds. The van der Waals surface area contributed by atoms with Gasteiger partial charge in [-0.1, -0.05) is 42.5 Å². The van der Waals surface area contributed by atoms with Crippen LogP contribution in [0.25, 0.3) is 11.1 Å². The van der Waals surface area contributed by atoms with Crippen LogP contribution in [-0.4, -0.2) is 6.04 Å². The normalized spacial score (nSPS) is 10.4. The van der Waals surface area contributed by atoms with Crippen LogP contribution in [0.2, 0.25) is 0 Å². The van der Waals surface area contributed by atoms with E-state index in [-0.39, 0.29) is 0 Å². The molecule has 3 rings (SSSR count). The van der Waals surface area contributed by atoms with Gasteiger partial charge in [0.25, 0.3) is 0 Å². The SMILES string of the molecule is CC(C)Nc1ccccc1.c1cc2ccc1-2. The Kier molecular flexibility index (Phi) is 3.25. The standard InChI is InChI=1S/C9H13N.C6H4/c1-8(2)10-9-6-4-3-5-7-9;1-2-6-4-3-5(1)6/h3-8,10H,1-2H3;1-4H. The highest BCUT2D eigenvalue weighted by atomic mass is 14.9. The molecule has 16 heavy (non-hydrogen) atoms. The van der Waals surface area contributed by atoms with Gasteiger partial charge in [0, 0.05) is 11.7 Å². The Morgan fingerprint density at radius 1 is 0.750 bits per heavy atom. The van der Waals surface area contributed by atoms with Crippen LogP contribution < -0.4 is 5.32 Å². The van der Waals surface area contributed by atoms with Crippen molar-refractivity contribution in [3.05, 3.63) is 54.6 Å². The fraction of sp³-hybridized carbons (Fsp3) is 0.200. The van der Waals surface area contributed by atoms with Crippen molar-refractivity contribution in [3.8, 4) is 11.1 Å². The summed E-state index contributed by atoms with van der Waals surface area (Å²) in [5.74, 6) is 0. The van der Waals surface area contributed by atoms with Crippen molar-refractivity contribution >= 4 is 5.69 Å². The lowest BCUT2D eigenvalue weighted by Crippen LogP contribution is -2.08. The number of nitrogens with one attached hydrogen (secondary N) is 1. The van der Waals surface area contributed by atoms with Gasteiger partial charge in [0.15, 0.2) is 0 Å². The monoisotopic (exact) mass is 211 g/mol. The Balaban J connectivity index is 0.000000134. The number of hydrogen-bond donors (Lipinski definition) is 1. The second-order valence-electron chi connectivity index (χ2n) is 4.24. The van der Waals surface area contributed by atoms with E-state index in [1.807, 2.05) is 18.2 Å². The second-order valence-corrected chi connectivity index (χ2v) is 4.24. The van der Waals surface area contributed by atoms with Crippen molar-refractivity contribution in [1.29, 1.82) is 0 Å². The van der Waals surface area contributed by atoms with Crippen molar-refractivity contribution in [3.63, 3.8) is 0 Å². The molecule has 1 N–H and O–H groups in total. The number of para-hydroxylation sites is 1. The maximum absolute atomic E-state index is 3.30. The topological polar surface area (TPSA) is 12.0 Å². The molecular formula is C15H17N. The van der Waals surface area contributed by atoms with Gasteiger partial charge in [0.2, 0.25) is 0 Å². The first-order valence-corrected chi connectivity index (χ1v) is 5.68. The van der Waals surface area contributed by atoms with E-state index in [0.717, 1.165) is 0 Å². The summed E-state index contributed by atoms with van der Waals surface area (Å²) in [7, 11) is 0. The number of fused-ring (bicyclic) bond motifs is 1. The Bertz CT molecular complexity index is 408. The lowest BCUT2D eigenvalue weighted by atomic mass is 9.95. The molecule has 82 valence electrons. The summed E-state index contributed by atoms with van der Waals surface area (Å²) in [6.45, 7) is 4.26. The molecule has 0 unspecified atom stereocenters. The molecule has 0 aliphatic heterocycles. The zero-order chi connectivity index (χ0) is 11.4. The Morgan fingerprint density at radius 2 is 1.25 bits per heavy atom. The summed E-state index contributed by atoms with van der Waals surface area (Å²) in [5.41, 5.74) is 4.04. The van der Waals surface area contributed by atoms with Gasteiger partial charge in [-0.3, -0.25) is 0 Å². The highest BCUT2D eigenvalue weighted by Gasteiger charge is 2.03. The zero-order valence-corrected chi connectivity index (χ0v) is 9.77. The summed E-state index contributed by atoms with van der Waals surface area (Å²) in [6, 6.07) is 19.2. The fourth-order valence-electron chi connectivity index (χ4n) is 1.53. The van der Waals surface area contributed by atoms with Crippen molar-refractivity contribution < 1.29 is 0 Å². The molecule has 0 saturated heterocycles. The fourth-order valence-corrected chi connectivity index (χ4v) is 1.53. The average Bonchev–Trinajstić information content (AvgIpc) is 2.25. The largest absolute Gasteiger partial charge is 0.383 e. The van der Waals surface area contributed by atoms with Crippen LogP contribution in [0.1, 0.15) is 13.8 Å². The Hall–Kier alpha value is -1.76. The summed E-state index contributed by atoms with van der Waals surface area (Å²) < 4.78 is 0. The number of benzene rings is 2. The first-order chi connectivity index (χ1) is 7.75. The number of rotatable bonds is 2. The third-order valence-electron chi connectivity index (χ3n) is 2.45. The average molecular weight is 211 g/mol. The molecule has 0 aromatic heterocycles. The zero-order valence-electron chi connectivity index (χ0n) is 9.77. The van der Waals surface area contributed by atoms with Gasteiger partial charge in [-0.05, 0) is 37.1 Å². The lowest BCUT2D eigenvalue weighted by Gasteiger charge is -2.10. The van der Waals surface area contributed by atoms with Crippen LogP contribution in [0.15, 0.2) is 54.6 Å². The minimum absolute atomic E-state index is 0.516. The lowest BCUT2D eigenvalue weighted by molar-refractivity contribution is 0.900.